The molecule has 44 heavy (non-hydrogen) atoms. The first kappa shape index (κ1) is 30.6. The number of piperazine rings is 1. The molecule has 230 valence electrons. The van der Waals surface area contributed by atoms with Gasteiger partial charge in [-0.05, 0) is 48.4 Å². The Morgan fingerprint density at radius 1 is 0.818 bits per heavy atom. The molecule has 0 radical (unpaired) electrons. The van der Waals surface area contributed by atoms with Gasteiger partial charge in [0, 0.05) is 47.9 Å². The third-order valence-electron chi connectivity index (χ3n) is 7.50. The number of alkyl halides is 6. The molecule has 0 unspecified atom stereocenters. The van der Waals surface area contributed by atoms with Crippen LogP contribution in [0.25, 0.3) is 10.9 Å². The van der Waals surface area contributed by atoms with E-state index in [1.54, 1.807) is 42.6 Å². The summed E-state index contributed by atoms with van der Waals surface area (Å²) >= 11 is 0. The van der Waals surface area contributed by atoms with E-state index in [1.807, 2.05) is 18.2 Å². The van der Waals surface area contributed by atoms with Gasteiger partial charge < -0.3 is 20.1 Å². The number of carbonyl (C=O) groups excluding carboxylic acids is 3. The number of nitrogens with zero attached hydrogens (tertiary/aromatic N) is 2. The zero-order chi connectivity index (χ0) is 31.6. The molecule has 1 aliphatic heterocycles. The van der Waals surface area contributed by atoms with Gasteiger partial charge >= 0.3 is 12.4 Å². The first-order valence-corrected chi connectivity index (χ1v) is 13.6. The molecule has 1 aromatic heterocycles. The maximum Gasteiger partial charge on any atom is 0.416 e. The fourth-order valence-corrected chi connectivity index (χ4v) is 5.28. The number of para-hydroxylation sites is 1. The third kappa shape index (κ3) is 6.71. The van der Waals surface area contributed by atoms with Crippen LogP contribution in [0.2, 0.25) is 0 Å². The van der Waals surface area contributed by atoms with E-state index < -0.39 is 52.8 Å². The monoisotopic (exact) mass is 616 g/mol. The zero-order valence-electron chi connectivity index (χ0n) is 23.0. The standard InChI is InChI=1S/C31H26F6N4O3/c32-30(33,34)22-12-20(13-23(15-22)31(35,36)37)29(44)41-11-10-40(27(42)17-39-28(43)19-6-2-1-3-7-19)18-24(41)14-21-16-38-26-9-5-4-8-25(21)26/h1-9,12-13,15-16,24,38H,10-11,14,17-18H2,(H,39,43)/t24-/m1/s1. The van der Waals surface area contributed by atoms with Gasteiger partial charge in [0.05, 0.1) is 23.7 Å². The van der Waals surface area contributed by atoms with Gasteiger partial charge in [-0.15, -0.1) is 0 Å². The Morgan fingerprint density at radius 2 is 1.45 bits per heavy atom. The molecule has 1 atom stereocenters. The molecule has 13 heteroatoms. The molecule has 0 saturated carbocycles. The van der Waals surface area contributed by atoms with Gasteiger partial charge in [0.2, 0.25) is 5.91 Å². The van der Waals surface area contributed by atoms with E-state index in [-0.39, 0.29) is 38.7 Å². The van der Waals surface area contributed by atoms with Crippen molar-refractivity contribution in [1.29, 1.82) is 0 Å². The molecule has 3 amide bonds. The summed E-state index contributed by atoms with van der Waals surface area (Å²) in [5.41, 5.74) is -2.05. The van der Waals surface area contributed by atoms with Crippen molar-refractivity contribution in [2.24, 2.45) is 0 Å². The van der Waals surface area contributed by atoms with Crippen molar-refractivity contribution in [2.45, 2.75) is 24.8 Å². The number of halogens is 6. The number of fused-ring (bicyclic) bond motifs is 1. The number of amides is 3. The number of benzene rings is 3. The van der Waals surface area contributed by atoms with Crippen molar-refractivity contribution in [2.75, 3.05) is 26.2 Å². The summed E-state index contributed by atoms with van der Waals surface area (Å²) in [7, 11) is 0. The minimum absolute atomic E-state index is 0.0272. The summed E-state index contributed by atoms with van der Waals surface area (Å²) in [5, 5.41) is 3.37. The van der Waals surface area contributed by atoms with Gasteiger partial charge in [0.1, 0.15) is 0 Å². The van der Waals surface area contributed by atoms with Crippen LogP contribution in [0, 0.1) is 0 Å². The first-order valence-electron chi connectivity index (χ1n) is 13.6. The third-order valence-corrected chi connectivity index (χ3v) is 7.50. The fourth-order valence-electron chi connectivity index (χ4n) is 5.28. The molecule has 2 N–H and O–H groups in total. The van der Waals surface area contributed by atoms with Crippen LogP contribution < -0.4 is 5.32 Å². The van der Waals surface area contributed by atoms with Crippen LogP contribution in [0.3, 0.4) is 0 Å². The second kappa shape index (κ2) is 12.1. The van der Waals surface area contributed by atoms with Crippen molar-refractivity contribution < 1.29 is 40.7 Å². The average Bonchev–Trinajstić information content (AvgIpc) is 3.41. The number of carbonyl (C=O) groups is 3. The molecule has 7 nitrogen and oxygen atoms in total. The van der Waals surface area contributed by atoms with Gasteiger partial charge in [0.25, 0.3) is 11.8 Å². The summed E-state index contributed by atoms with van der Waals surface area (Å²) in [6.07, 6.45) is -8.37. The van der Waals surface area contributed by atoms with E-state index in [9.17, 15) is 40.7 Å². The molecule has 1 saturated heterocycles. The van der Waals surface area contributed by atoms with E-state index in [1.165, 1.54) is 9.80 Å². The molecule has 1 aliphatic rings. The molecule has 2 heterocycles. The molecule has 0 spiro atoms. The SMILES string of the molecule is O=C(NCC(=O)N1CCN(C(=O)c2cc(C(F)(F)F)cc(C(F)(F)F)c2)[C@H](Cc2c[nH]c3ccccc23)C1)c1ccccc1. The summed E-state index contributed by atoms with van der Waals surface area (Å²) in [5.74, 6) is -1.94. The molecule has 4 aromatic rings. The minimum atomic E-state index is -5.12. The summed E-state index contributed by atoms with van der Waals surface area (Å²) in [6.45, 7) is -0.594. The molecule has 0 aliphatic carbocycles. The van der Waals surface area contributed by atoms with Crippen LogP contribution in [-0.4, -0.2) is 64.7 Å². The maximum atomic E-state index is 13.6. The van der Waals surface area contributed by atoms with E-state index >= 15 is 0 Å². The largest absolute Gasteiger partial charge is 0.416 e. The van der Waals surface area contributed by atoms with Crippen LogP contribution in [0.5, 0.6) is 0 Å². The quantitative estimate of drug-likeness (QED) is 0.280. The fraction of sp³-hybridized carbons (Fsp3) is 0.258. The highest BCUT2D eigenvalue weighted by Crippen LogP contribution is 2.37. The highest BCUT2D eigenvalue weighted by Gasteiger charge is 2.39. The lowest BCUT2D eigenvalue weighted by atomic mass is 9.98. The van der Waals surface area contributed by atoms with Crippen LogP contribution in [0.1, 0.15) is 37.4 Å². The second-order valence-electron chi connectivity index (χ2n) is 10.4. The summed E-state index contributed by atoms with van der Waals surface area (Å²) in [4.78, 5) is 44.9. The predicted octanol–water partition coefficient (Wildman–Crippen LogP) is 5.53. The molecule has 0 bridgehead atoms. The average molecular weight is 617 g/mol. The number of hydrogen-bond acceptors (Lipinski definition) is 3. The van der Waals surface area contributed by atoms with Crippen molar-refractivity contribution in [3.05, 3.63) is 107 Å². The van der Waals surface area contributed by atoms with Crippen LogP contribution in [0.15, 0.2) is 79.0 Å². The Bertz CT molecular complexity index is 1650. The van der Waals surface area contributed by atoms with Gasteiger partial charge in [0.15, 0.2) is 0 Å². The van der Waals surface area contributed by atoms with E-state index in [0.29, 0.717) is 17.7 Å². The molecular weight excluding hydrogens is 590 g/mol. The normalized spacial score (nSPS) is 15.8. The van der Waals surface area contributed by atoms with Crippen LogP contribution in [-0.2, 0) is 23.6 Å². The molecule has 1 fully saturated rings. The van der Waals surface area contributed by atoms with Gasteiger partial charge in [-0.3, -0.25) is 14.4 Å². The highest BCUT2D eigenvalue weighted by atomic mass is 19.4. The smallest absolute Gasteiger partial charge is 0.361 e. The van der Waals surface area contributed by atoms with Gasteiger partial charge in [-0.25, -0.2) is 0 Å². The number of H-pyrrole nitrogens is 1. The van der Waals surface area contributed by atoms with Crippen molar-refractivity contribution in [1.82, 2.24) is 20.1 Å². The maximum absolute atomic E-state index is 13.6. The van der Waals surface area contributed by atoms with Crippen molar-refractivity contribution in [3.63, 3.8) is 0 Å². The number of rotatable bonds is 6. The Morgan fingerprint density at radius 3 is 2.11 bits per heavy atom. The lowest BCUT2D eigenvalue weighted by Crippen LogP contribution is -2.58. The predicted molar refractivity (Wildman–Crippen MR) is 149 cm³/mol. The molecule has 5 rings (SSSR count). The number of aromatic amines is 1. The lowest BCUT2D eigenvalue weighted by Gasteiger charge is -2.41. The molecular formula is C31H26F6N4O3. The Labute approximate surface area is 247 Å². The van der Waals surface area contributed by atoms with Crippen LogP contribution in [0.4, 0.5) is 26.3 Å². The summed E-state index contributed by atoms with van der Waals surface area (Å²) < 4.78 is 81.2. The van der Waals surface area contributed by atoms with Crippen molar-refractivity contribution >= 4 is 28.6 Å². The van der Waals surface area contributed by atoms with Gasteiger partial charge in [-0.2, -0.15) is 26.3 Å². The van der Waals surface area contributed by atoms with E-state index in [4.69, 9.17) is 0 Å². The number of aromatic nitrogens is 1. The Kier molecular flexibility index (Phi) is 8.40. The summed E-state index contributed by atoms with van der Waals surface area (Å²) in [6, 6.07) is 15.5. The Balaban J connectivity index is 1.42. The zero-order valence-corrected chi connectivity index (χ0v) is 23.0. The molecule has 3 aromatic carbocycles. The minimum Gasteiger partial charge on any atom is -0.361 e. The van der Waals surface area contributed by atoms with Crippen LogP contribution >= 0.6 is 0 Å². The Hall–Kier alpha value is -4.81. The van der Waals surface area contributed by atoms with E-state index in [2.05, 4.69) is 10.3 Å². The first-order chi connectivity index (χ1) is 20.8. The number of nitrogens with one attached hydrogen (secondary N) is 2. The topological polar surface area (TPSA) is 85.5 Å². The van der Waals surface area contributed by atoms with Gasteiger partial charge in [-0.1, -0.05) is 36.4 Å². The lowest BCUT2D eigenvalue weighted by molar-refractivity contribution is -0.143. The second-order valence-corrected chi connectivity index (χ2v) is 10.4. The van der Waals surface area contributed by atoms with E-state index in [0.717, 1.165) is 16.5 Å². The van der Waals surface area contributed by atoms with Crippen molar-refractivity contribution in [3.8, 4) is 0 Å². The number of hydrogen-bond donors (Lipinski definition) is 2. The highest BCUT2D eigenvalue weighted by molar-refractivity contribution is 5.97.